The maximum Gasteiger partial charge on any atom is 0.282 e. The number of amidine groups is 1. The summed E-state index contributed by atoms with van der Waals surface area (Å²) in [7, 11) is 0. The number of hydrogen-bond donors (Lipinski definition) is 0. The molecule has 30 heavy (non-hydrogen) atoms. The van der Waals surface area contributed by atoms with Gasteiger partial charge in [-0.2, -0.15) is 0 Å². The van der Waals surface area contributed by atoms with Gasteiger partial charge in [0.05, 0.1) is 17.9 Å². The number of carbonyl (C=O) groups is 1. The third-order valence-corrected chi connectivity index (χ3v) is 5.08. The summed E-state index contributed by atoms with van der Waals surface area (Å²) in [5, 5.41) is 0. The van der Waals surface area contributed by atoms with Crippen LogP contribution in [0.2, 0.25) is 0 Å². The van der Waals surface area contributed by atoms with Crippen LogP contribution in [-0.4, -0.2) is 18.3 Å². The molecule has 0 N–H and O–H groups in total. The van der Waals surface area contributed by atoms with Crippen LogP contribution in [0, 0.1) is 5.82 Å². The lowest BCUT2D eigenvalue weighted by Gasteiger charge is -2.19. The fourth-order valence-electron chi connectivity index (χ4n) is 3.15. The predicted molar refractivity (Wildman–Crippen MR) is 120 cm³/mol. The number of anilines is 1. The number of amides is 1. The van der Waals surface area contributed by atoms with Crippen molar-refractivity contribution in [3.63, 3.8) is 0 Å². The van der Waals surface area contributed by atoms with E-state index in [2.05, 4.69) is 20.9 Å². The zero-order valence-corrected chi connectivity index (χ0v) is 17.8. The minimum atomic E-state index is -0.437. The van der Waals surface area contributed by atoms with Crippen LogP contribution < -0.4 is 9.64 Å². The number of halogens is 2. The summed E-state index contributed by atoms with van der Waals surface area (Å²) in [6, 6.07) is 20.9. The Hall–Kier alpha value is -3.25. The molecule has 0 saturated carbocycles. The Morgan fingerprint density at radius 3 is 2.40 bits per heavy atom. The van der Waals surface area contributed by atoms with Crippen LogP contribution in [0.5, 0.6) is 5.75 Å². The fourth-order valence-corrected chi connectivity index (χ4v) is 3.42. The lowest BCUT2D eigenvalue weighted by Crippen LogP contribution is -2.33. The highest BCUT2D eigenvalue weighted by atomic mass is 79.9. The molecule has 4 rings (SSSR count). The molecular weight excluding hydrogens is 447 g/mol. The van der Waals surface area contributed by atoms with Gasteiger partial charge < -0.3 is 4.74 Å². The predicted octanol–water partition coefficient (Wildman–Crippen LogP) is 5.82. The van der Waals surface area contributed by atoms with Gasteiger partial charge in [0, 0.05) is 4.47 Å². The average molecular weight is 465 g/mol. The van der Waals surface area contributed by atoms with Crippen LogP contribution in [0.15, 0.2) is 88.0 Å². The van der Waals surface area contributed by atoms with Gasteiger partial charge in [0.1, 0.15) is 17.3 Å². The molecule has 1 heterocycles. The van der Waals surface area contributed by atoms with Crippen LogP contribution in [0.4, 0.5) is 10.1 Å². The molecule has 0 aromatic heterocycles. The number of rotatable bonds is 5. The highest BCUT2D eigenvalue weighted by molar-refractivity contribution is 9.10. The van der Waals surface area contributed by atoms with E-state index in [1.54, 1.807) is 36.4 Å². The van der Waals surface area contributed by atoms with E-state index in [1.807, 2.05) is 43.3 Å². The molecule has 0 aliphatic carbocycles. The van der Waals surface area contributed by atoms with Gasteiger partial charge in [-0.05, 0) is 67.1 Å². The SMILES string of the molecule is CCOc1ccc(/C=C2/N=C(c3ccccc3F)N(c3ccc(Br)cc3)C2=O)cc1. The zero-order chi connectivity index (χ0) is 21.1. The van der Waals surface area contributed by atoms with Gasteiger partial charge in [-0.3, -0.25) is 9.69 Å². The van der Waals surface area contributed by atoms with Gasteiger partial charge >= 0.3 is 0 Å². The molecule has 6 heteroatoms. The second kappa shape index (κ2) is 8.63. The first-order valence-electron chi connectivity index (χ1n) is 9.45. The molecule has 0 bridgehead atoms. The number of ether oxygens (including phenoxy) is 1. The molecule has 150 valence electrons. The Kier molecular flexibility index (Phi) is 5.77. The number of nitrogens with zero attached hydrogens (tertiary/aromatic N) is 2. The lowest BCUT2D eigenvalue weighted by molar-refractivity contribution is -0.113. The van der Waals surface area contributed by atoms with Crippen molar-refractivity contribution in [1.82, 2.24) is 0 Å². The van der Waals surface area contributed by atoms with Crippen LogP contribution in [0.1, 0.15) is 18.1 Å². The fraction of sp³-hybridized carbons (Fsp3) is 0.0833. The zero-order valence-electron chi connectivity index (χ0n) is 16.2. The number of aliphatic imine (C=N–C) groups is 1. The summed E-state index contributed by atoms with van der Waals surface area (Å²) < 4.78 is 20.9. The summed E-state index contributed by atoms with van der Waals surface area (Å²) >= 11 is 3.40. The van der Waals surface area contributed by atoms with Crippen LogP contribution in [-0.2, 0) is 4.79 Å². The Balaban J connectivity index is 1.77. The van der Waals surface area contributed by atoms with E-state index in [0.717, 1.165) is 15.8 Å². The summed E-state index contributed by atoms with van der Waals surface area (Å²) in [5.41, 5.74) is 1.92. The first-order valence-corrected chi connectivity index (χ1v) is 10.2. The van der Waals surface area contributed by atoms with Gasteiger partial charge in [-0.15, -0.1) is 0 Å². The van der Waals surface area contributed by atoms with Crippen molar-refractivity contribution in [1.29, 1.82) is 0 Å². The van der Waals surface area contributed by atoms with E-state index in [4.69, 9.17) is 4.74 Å². The molecule has 0 atom stereocenters. The molecule has 0 saturated heterocycles. The molecule has 0 unspecified atom stereocenters. The molecular formula is C24H18BrFN2O2. The molecule has 0 fully saturated rings. The Bertz CT molecular complexity index is 1140. The first kappa shape index (κ1) is 20.0. The van der Waals surface area contributed by atoms with Crippen molar-refractivity contribution < 1.29 is 13.9 Å². The van der Waals surface area contributed by atoms with Gasteiger partial charge in [-0.1, -0.05) is 40.2 Å². The van der Waals surface area contributed by atoms with Crippen LogP contribution in [0.3, 0.4) is 0 Å². The molecule has 0 radical (unpaired) electrons. The quantitative estimate of drug-likeness (QED) is 0.446. The maximum atomic E-state index is 14.5. The van der Waals surface area contributed by atoms with Gasteiger partial charge in [0.2, 0.25) is 0 Å². The number of carbonyl (C=O) groups excluding carboxylic acids is 1. The molecule has 1 aliphatic heterocycles. The third-order valence-electron chi connectivity index (χ3n) is 4.55. The van der Waals surface area contributed by atoms with Crippen molar-refractivity contribution in [2.24, 2.45) is 4.99 Å². The van der Waals surface area contributed by atoms with Crippen molar-refractivity contribution >= 4 is 39.4 Å². The van der Waals surface area contributed by atoms with E-state index in [9.17, 15) is 9.18 Å². The topological polar surface area (TPSA) is 41.9 Å². The highest BCUT2D eigenvalue weighted by Crippen LogP contribution is 2.29. The molecule has 3 aromatic rings. The van der Waals surface area contributed by atoms with Crippen molar-refractivity contribution in [3.8, 4) is 5.75 Å². The molecule has 4 nitrogen and oxygen atoms in total. The van der Waals surface area contributed by atoms with Gasteiger partial charge in [0.15, 0.2) is 5.84 Å². The van der Waals surface area contributed by atoms with E-state index >= 15 is 0 Å². The summed E-state index contributed by atoms with van der Waals surface area (Å²) in [4.78, 5) is 19.2. The van der Waals surface area contributed by atoms with E-state index in [1.165, 1.54) is 11.0 Å². The highest BCUT2D eigenvalue weighted by Gasteiger charge is 2.33. The molecule has 3 aromatic carbocycles. The standard InChI is InChI=1S/C24H18BrFN2O2/c1-2-30-19-13-7-16(8-14-19)15-22-24(29)28(18-11-9-17(25)10-12-18)23(27-22)20-5-3-4-6-21(20)26/h3-15H,2H2,1H3/b22-15+. The number of hydrogen-bond acceptors (Lipinski definition) is 3. The van der Waals surface area contributed by atoms with E-state index in [0.29, 0.717) is 12.3 Å². The number of benzene rings is 3. The van der Waals surface area contributed by atoms with Crippen LogP contribution in [0.25, 0.3) is 6.08 Å². The Morgan fingerprint density at radius 1 is 1.03 bits per heavy atom. The second-order valence-corrected chi connectivity index (χ2v) is 7.48. The maximum absolute atomic E-state index is 14.5. The first-order chi connectivity index (χ1) is 14.6. The Morgan fingerprint density at radius 2 is 1.73 bits per heavy atom. The third kappa shape index (κ3) is 4.04. The van der Waals surface area contributed by atoms with E-state index < -0.39 is 5.82 Å². The minimum absolute atomic E-state index is 0.236. The monoisotopic (exact) mass is 464 g/mol. The van der Waals surface area contributed by atoms with Gasteiger partial charge in [-0.25, -0.2) is 9.38 Å². The lowest BCUT2D eigenvalue weighted by atomic mass is 10.1. The largest absolute Gasteiger partial charge is 0.494 e. The Labute approximate surface area is 182 Å². The molecule has 1 amide bonds. The van der Waals surface area contributed by atoms with E-state index in [-0.39, 0.29) is 23.0 Å². The summed E-state index contributed by atoms with van der Waals surface area (Å²) in [5.74, 6) is 0.264. The minimum Gasteiger partial charge on any atom is -0.494 e. The van der Waals surface area contributed by atoms with Crippen molar-refractivity contribution in [2.45, 2.75) is 6.92 Å². The summed E-state index contributed by atoms with van der Waals surface area (Å²) in [6.45, 7) is 2.50. The smallest absolute Gasteiger partial charge is 0.282 e. The average Bonchev–Trinajstić information content (AvgIpc) is 3.06. The van der Waals surface area contributed by atoms with Crippen molar-refractivity contribution in [2.75, 3.05) is 11.5 Å². The normalized spacial score (nSPS) is 14.9. The summed E-state index contributed by atoms with van der Waals surface area (Å²) in [6.07, 6.45) is 1.69. The van der Waals surface area contributed by atoms with Crippen molar-refractivity contribution in [3.05, 3.63) is 99.9 Å². The molecule has 0 spiro atoms. The second-order valence-electron chi connectivity index (χ2n) is 6.56. The van der Waals surface area contributed by atoms with Gasteiger partial charge in [0.25, 0.3) is 5.91 Å². The molecule has 1 aliphatic rings. The van der Waals surface area contributed by atoms with Crippen LogP contribution >= 0.6 is 15.9 Å².